The van der Waals surface area contributed by atoms with Gasteiger partial charge in [0.15, 0.2) is 21.6 Å². The number of ether oxygens (including phenoxy) is 1. The molecule has 0 bridgehead atoms. The van der Waals surface area contributed by atoms with Gasteiger partial charge in [0.1, 0.15) is 5.75 Å². The van der Waals surface area contributed by atoms with Crippen molar-refractivity contribution in [3.8, 4) is 5.75 Å². The van der Waals surface area contributed by atoms with Gasteiger partial charge >= 0.3 is 0 Å². The van der Waals surface area contributed by atoms with Crippen LogP contribution in [0.5, 0.6) is 5.75 Å². The summed E-state index contributed by atoms with van der Waals surface area (Å²) in [5.74, 6) is 0.194. The maximum absolute atomic E-state index is 12.4. The van der Waals surface area contributed by atoms with Crippen LogP contribution in [0.2, 0.25) is 5.02 Å². The first-order valence-corrected chi connectivity index (χ1v) is 12.6. The molecule has 2 aromatic rings. The van der Waals surface area contributed by atoms with E-state index >= 15 is 0 Å². The number of thioether (sulfide) groups is 1. The average molecular weight is 516 g/mol. The standard InChI is InChI=1S/C19H16BrClN2O4S2/c20-12-6-7-15(14(21)8-12)23-16-10-29(25,26)11-17(16)28-19(23)22-18(24)9-27-13-4-2-1-3-5-13/h1-8,16-17H,9-11H2/t16-,17+/m0/s1. The molecule has 2 aliphatic heterocycles. The van der Waals surface area contributed by atoms with Crippen molar-refractivity contribution in [2.75, 3.05) is 23.0 Å². The molecule has 0 aliphatic carbocycles. The molecule has 1 amide bonds. The van der Waals surface area contributed by atoms with Crippen LogP contribution in [-0.2, 0) is 14.6 Å². The van der Waals surface area contributed by atoms with Crippen LogP contribution in [0.15, 0.2) is 58.0 Å². The highest BCUT2D eigenvalue weighted by Gasteiger charge is 2.49. The monoisotopic (exact) mass is 514 g/mol. The maximum atomic E-state index is 12.4. The van der Waals surface area contributed by atoms with Crippen molar-refractivity contribution in [1.29, 1.82) is 0 Å². The SMILES string of the molecule is O=C(COc1ccccc1)N=C1S[C@@H]2CS(=O)(=O)C[C@@H]2N1c1ccc(Br)cc1Cl. The lowest BCUT2D eigenvalue weighted by Crippen LogP contribution is -2.38. The minimum Gasteiger partial charge on any atom is -0.484 e. The van der Waals surface area contributed by atoms with Crippen molar-refractivity contribution in [2.45, 2.75) is 11.3 Å². The first-order valence-electron chi connectivity index (χ1n) is 8.73. The molecule has 0 saturated carbocycles. The highest BCUT2D eigenvalue weighted by molar-refractivity contribution is 9.10. The Hall–Kier alpha value is -1.55. The molecule has 10 heteroatoms. The molecule has 0 radical (unpaired) electrons. The van der Waals surface area contributed by atoms with Crippen LogP contribution < -0.4 is 9.64 Å². The number of para-hydroxylation sites is 1. The summed E-state index contributed by atoms with van der Waals surface area (Å²) in [5, 5.41) is 0.702. The summed E-state index contributed by atoms with van der Waals surface area (Å²) in [6, 6.07) is 14.0. The third-order valence-electron chi connectivity index (χ3n) is 4.56. The van der Waals surface area contributed by atoms with E-state index in [4.69, 9.17) is 16.3 Å². The minimum atomic E-state index is -3.15. The number of hydrogen-bond acceptors (Lipinski definition) is 5. The van der Waals surface area contributed by atoms with Crippen LogP contribution in [0.25, 0.3) is 0 Å². The second-order valence-corrected chi connectivity index (χ2v) is 11.3. The molecular formula is C19H16BrClN2O4S2. The molecule has 6 nitrogen and oxygen atoms in total. The van der Waals surface area contributed by atoms with Gasteiger partial charge in [0.25, 0.3) is 5.91 Å². The molecule has 2 aliphatic rings. The highest BCUT2D eigenvalue weighted by atomic mass is 79.9. The predicted molar refractivity (Wildman–Crippen MR) is 120 cm³/mol. The largest absolute Gasteiger partial charge is 0.484 e. The Kier molecular flexibility index (Phi) is 5.92. The normalized spacial score (nSPS) is 23.9. The number of anilines is 1. The van der Waals surface area contributed by atoms with Gasteiger partial charge in [0.2, 0.25) is 0 Å². The average Bonchev–Trinajstić information content (AvgIpc) is 3.12. The Morgan fingerprint density at radius 3 is 2.72 bits per heavy atom. The molecule has 0 N–H and O–H groups in total. The van der Waals surface area contributed by atoms with Crippen LogP contribution in [0.4, 0.5) is 5.69 Å². The van der Waals surface area contributed by atoms with Gasteiger partial charge in [0.05, 0.1) is 28.3 Å². The van der Waals surface area contributed by atoms with Crippen LogP contribution in [0.3, 0.4) is 0 Å². The van der Waals surface area contributed by atoms with E-state index in [1.165, 1.54) is 11.8 Å². The molecule has 2 atom stereocenters. The number of carbonyl (C=O) groups is 1. The third-order valence-corrected chi connectivity index (χ3v) is 8.57. The molecule has 2 fully saturated rings. The zero-order valence-electron chi connectivity index (χ0n) is 15.0. The third kappa shape index (κ3) is 4.63. The summed E-state index contributed by atoms with van der Waals surface area (Å²) in [6.45, 7) is -0.205. The van der Waals surface area contributed by atoms with Gasteiger partial charge in [-0.1, -0.05) is 57.5 Å². The van der Waals surface area contributed by atoms with Gasteiger partial charge in [-0.05, 0) is 30.3 Å². The lowest BCUT2D eigenvalue weighted by Gasteiger charge is -2.25. The molecule has 0 spiro atoms. The summed E-state index contributed by atoms with van der Waals surface area (Å²) in [5.41, 5.74) is 0.627. The van der Waals surface area contributed by atoms with Crippen LogP contribution in [-0.4, -0.2) is 48.9 Å². The van der Waals surface area contributed by atoms with E-state index in [1.807, 2.05) is 24.3 Å². The van der Waals surface area contributed by atoms with Crippen molar-refractivity contribution < 1.29 is 17.9 Å². The Balaban J connectivity index is 1.60. The number of rotatable bonds is 4. The summed E-state index contributed by atoms with van der Waals surface area (Å²) < 4.78 is 30.6. The quantitative estimate of drug-likeness (QED) is 0.617. The number of nitrogens with zero attached hydrogens (tertiary/aromatic N) is 2. The molecule has 152 valence electrons. The van der Waals surface area contributed by atoms with E-state index < -0.39 is 15.7 Å². The fraction of sp³-hybridized carbons (Fsp3) is 0.263. The minimum absolute atomic E-state index is 0.00475. The first kappa shape index (κ1) is 20.7. The van der Waals surface area contributed by atoms with Gasteiger partial charge in [-0.3, -0.25) is 4.79 Å². The lowest BCUT2D eigenvalue weighted by molar-refractivity contribution is -0.119. The van der Waals surface area contributed by atoms with Gasteiger partial charge in [0, 0.05) is 9.72 Å². The van der Waals surface area contributed by atoms with E-state index in [2.05, 4.69) is 20.9 Å². The highest BCUT2D eigenvalue weighted by Crippen LogP contribution is 2.43. The number of sulfone groups is 1. The second kappa shape index (κ2) is 8.29. The molecule has 2 saturated heterocycles. The smallest absolute Gasteiger partial charge is 0.285 e. The van der Waals surface area contributed by atoms with Gasteiger partial charge < -0.3 is 9.64 Å². The van der Waals surface area contributed by atoms with Crippen LogP contribution >= 0.6 is 39.3 Å². The molecule has 29 heavy (non-hydrogen) atoms. The van der Waals surface area contributed by atoms with Gasteiger partial charge in [-0.15, -0.1) is 0 Å². The summed E-state index contributed by atoms with van der Waals surface area (Å²) in [4.78, 5) is 18.4. The first-order chi connectivity index (χ1) is 13.8. The van der Waals surface area contributed by atoms with Crippen LogP contribution in [0.1, 0.15) is 0 Å². The topological polar surface area (TPSA) is 76.0 Å². The number of carbonyl (C=O) groups excluding carboxylic acids is 1. The molecule has 0 aromatic heterocycles. The summed E-state index contributed by atoms with van der Waals surface area (Å²) >= 11 is 11.1. The zero-order valence-corrected chi connectivity index (χ0v) is 19.0. The number of benzene rings is 2. The Morgan fingerprint density at radius 1 is 1.24 bits per heavy atom. The van der Waals surface area contributed by atoms with E-state index in [0.29, 0.717) is 21.6 Å². The van der Waals surface area contributed by atoms with Crippen LogP contribution in [0, 0.1) is 0 Å². The number of amides is 1. The second-order valence-electron chi connectivity index (χ2n) is 6.66. The van der Waals surface area contributed by atoms with Crippen molar-refractivity contribution in [3.05, 3.63) is 58.0 Å². The predicted octanol–water partition coefficient (Wildman–Crippen LogP) is 3.78. The fourth-order valence-electron chi connectivity index (χ4n) is 3.32. The summed E-state index contributed by atoms with van der Waals surface area (Å²) in [7, 11) is -3.15. The summed E-state index contributed by atoms with van der Waals surface area (Å²) in [6.07, 6.45) is 0. The van der Waals surface area contributed by atoms with E-state index in [-0.39, 0.29) is 29.4 Å². The van der Waals surface area contributed by atoms with Gasteiger partial charge in [-0.2, -0.15) is 4.99 Å². The number of aliphatic imine (C=N–C) groups is 1. The number of amidine groups is 1. The Labute approximate surface area is 186 Å². The number of hydrogen-bond donors (Lipinski definition) is 0. The zero-order chi connectivity index (χ0) is 20.6. The molecule has 4 rings (SSSR count). The Bertz CT molecular complexity index is 1080. The van der Waals surface area contributed by atoms with Crippen molar-refractivity contribution >= 4 is 65.9 Å². The van der Waals surface area contributed by atoms with Crippen molar-refractivity contribution in [2.24, 2.45) is 4.99 Å². The number of halogens is 2. The van der Waals surface area contributed by atoms with Crippen molar-refractivity contribution in [3.63, 3.8) is 0 Å². The van der Waals surface area contributed by atoms with E-state index in [0.717, 1.165) is 4.47 Å². The lowest BCUT2D eigenvalue weighted by atomic mass is 10.2. The van der Waals surface area contributed by atoms with E-state index in [9.17, 15) is 13.2 Å². The molecule has 0 unspecified atom stereocenters. The maximum Gasteiger partial charge on any atom is 0.285 e. The molecular weight excluding hydrogens is 500 g/mol. The van der Waals surface area contributed by atoms with Crippen molar-refractivity contribution in [1.82, 2.24) is 0 Å². The molecule has 2 heterocycles. The number of fused-ring (bicyclic) bond motifs is 1. The van der Waals surface area contributed by atoms with Gasteiger partial charge in [-0.25, -0.2) is 8.42 Å². The fourth-order valence-corrected chi connectivity index (χ4v) is 8.01. The van der Waals surface area contributed by atoms with E-state index in [1.54, 1.807) is 29.2 Å². The Morgan fingerprint density at radius 2 is 2.00 bits per heavy atom. The molecule has 2 aromatic carbocycles.